The van der Waals surface area contributed by atoms with Crippen LogP contribution in [0.15, 0.2) is 54.6 Å². The molecule has 0 aliphatic heterocycles. The van der Waals surface area contributed by atoms with Crippen LogP contribution in [0.2, 0.25) is 0 Å². The van der Waals surface area contributed by atoms with Crippen molar-refractivity contribution in [3.63, 3.8) is 0 Å². The number of hydrogen-bond acceptors (Lipinski definition) is 6. The molecule has 1 N–H and O–H groups in total. The second-order valence-electron chi connectivity index (χ2n) is 6.51. The summed E-state index contributed by atoms with van der Waals surface area (Å²) < 4.78 is 15.3. The first kappa shape index (κ1) is 22.7. The molecule has 2 atom stereocenters. The third-order valence-electron chi connectivity index (χ3n) is 4.29. The molecule has 1 unspecified atom stereocenters. The van der Waals surface area contributed by atoms with Crippen molar-refractivity contribution in [3.05, 3.63) is 65.7 Å². The lowest BCUT2D eigenvalue weighted by Gasteiger charge is -2.16. The number of nitrogens with one attached hydrogen (secondary N) is 1. The van der Waals surface area contributed by atoms with Crippen LogP contribution in [0.3, 0.4) is 0 Å². The third kappa shape index (κ3) is 6.48. The quantitative estimate of drug-likeness (QED) is 0.387. The average Bonchev–Trinajstić information content (AvgIpc) is 2.77. The van der Waals surface area contributed by atoms with Gasteiger partial charge in [0.05, 0.1) is 14.2 Å². The van der Waals surface area contributed by atoms with E-state index in [4.69, 9.17) is 14.2 Å². The molecule has 0 fully saturated rings. The number of rotatable bonds is 9. The number of ketones is 1. The van der Waals surface area contributed by atoms with Gasteiger partial charge in [-0.2, -0.15) is 0 Å². The summed E-state index contributed by atoms with van der Waals surface area (Å²) >= 11 is 0. The second kappa shape index (κ2) is 10.8. The van der Waals surface area contributed by atoms with Gasteiger partial charge in [0.15, 0.2) is 6.10 Å². The van der Waals surface area contributed by atoms with Crippen LogP contribution in [0.4, 0.5) is 0 Å². The fourth-order valence-electron chi connectivity index (χ4n) is 2.53. The number of carbonyl (C=O) groups excluding carboxylic acids is 3. The molecule has 0 aromatic heterocycles. The smallest absolute Gasteiger partial charge is 0.329 e. The Morgan fingerprint density at radius 1 is 0.867 bits per heavy atom. The predicted molar refractivity (Wildman–Crippen MR) is 113 cm³/mol. The highest BCUT2D eigenvalue weighted by Gasteiger charge is 2.23. The molecule has 7 nitrogen and oxygen atoms in total. The molecule has 0 spiro atoms. The Morgan fingerprint density at radius 3 is 1.93 bits per heavy atom. The van der Waals surface area contributed by atoms with Gasteiger partial charge in [0, 0.05) is 11.6 Å². The molecule has 0 saturated carbocycles. The molecule has 7 heteroatoms. The van der Waals surface area contributed by atoms with Gasteiger partial charge >= 0.3 is 5.97 Å². The lowest BCUT2D eigenvalue weighted by molar-refractivity contribution is -0.149. The minimum absolute atomic E-state index is 0.344. The lowest BCUT2D eigenvalue weighted by atomic mass is 10.1. The first-order valence-electron chi connectivity index (χ1n) is 9.35. The van der Waals surface area contributed by atoms with Gasteiger partial charge in [0.1, 0.15) is 17.5 Å². The van der Waals surface area contributed by atoms with Crippen LogP contribution in [0.1, 0.15) is 29.8 Å². The van der Waals surface area contributed by atoms with Crippen molar-refractivity contribution >= 4 is 23.7 Å². The molecule has 158 valence electrons. The lowest BCUT2D eigenvalue weighted by Crippen LogP contribution is -2.41. The molecule has 2 aromatic carbocycles. The summed E-state index contributed by atoms with van der Waals surface area (Å²) in [5.41, 5.74) is 1.20. The van der Waals surface area contributed by atoms with Gasteiger partial charge in [-0.15, -0.1) is 0 Å². The number of carbonyl (C=O) groups is 3. The summed E-state index contributed by atoms with van der Waals surface area (Å²) in [6.07, 6.45) is 1.94. The van der Waals surface area contributed by atoms with Crippen LogP contribution in [-0.2, 0) is 14.3 Å². The van der Waals surface area contributed by atoms with E-state index in [0.717, 1.165) is 5.56 Å². The van der Waals surface area contributed by atoms with Crippen molar-refractivity contribution in [1.29, 1.82) is 0 Å². The Kier molecular flexibility index (Phi) is 8.17. The van der Waals surface area contributed by atoms with E-state index in [1.165, 1.54) is 27.0 Å². The monoisotopic (exact) mass is 411 g/mol. The summed E-state index contributed by atoms with van der Waals surface area (Å²) in [5.74, 6) is -0.162. The highest BCUT2D eigenvalue weighted by Crippen LogP contribution is 2.14. The Labute approximate surface area is 175 Å². The Balaban J connectivity index is 1.86. The maximum absolute atomic E-state index is 12.4. The standard InChI is InChI=1S/C23H25NO6/c1-15(24-21(25)14-7-17-5-10-19(28-3)11-6-17)23(27)30-16(2)22(26)18-8-12-20(29-4)13-9-18/h5-16H,1-4H3,(H,24,25)/b14-7+/t15-,16?/m0/s1. The maximum Gasteiger partial charge on any atom is 0.329 e. The van der Waals surface area contributed by atoms with Gasteiger partial charge in [-0.25, -0.2) is 4.79 Å². The third-order valence-corrected chi connectivity index (χ3v) is 4.29. The normalized spacial score (nSPS) is 12.7. The van der Waals surface area contributed by atoms with Gasteiger partial charge < -0.3 is 19.5 Å². The summed E-state index contributed by atoms with van der Waals surface area (Å²) in [6, 6.07) is 12.7. The van der Waals surface area contributed by atoms with Crippen molar-refractivity contribution in [3.8, 4) is 11.5 Å². The molecule has 0 aliphatic rings. The SMILES string of the molecule is COc1ccc(/C=C/C(=O)N[C@@H](C)C(=O)OC(C)C(=O)c2ccc(OC)cc2)cc1. The van der Waals surface area contributed by atoms with Crippen molar-refractivity contribution in [2.24, 2.45) is 0 Å². The van der Waals surface area contributed by atoms with Crippen molar-refractivity contribution in [2.45, 2.75) is 26.0 Å². The fourth-order valence-corrected chi connectivity index (χ4v) is 2.53. The van der Waals surface area contributed by atoms with E-state index in [1.54, 1.807) is 61.7 Å². The largest absolute Gasteiger partial charge is 0.497 e. The number of ether oxygens (including phenoxy) is 3. The number of benzene rings is 2. The fraction of sp³-hybridized carbons (Fsp3) is 0.261. The molecule has 0 bridgehead atoms. The van der Waals surface area contributed by atoms with E-state index in [1.807, 2.05) is 0 Å². The summed E-state index contributed by atoms with van der Waals surface area (Å²) in [6.45, 7) is 2.98. The van der Waals surface area contributed by atoms with Crippen LogP contribution in [0.25, 0.3) is 6.08 Å². The van der Waals surface area contributed by atoms with Crippen LogP contribution >= 0.6 is 0 Å². The van der Waals surface area contributed by atoms with E-state index in [9.17, 15) is 14.4 Å². The molecule has 0 saturated heterocycles. The zero-order valence-electron chi connectivity index (χ0n) is 17.4. The molecule has 0 heterocycles. The van der Waals surface area contributed by atoms with E-state index >= 15 is 0 Å². The summed E-state index contributed by atoms with van der Waals surface area (Å²) in [5, 5.41) is 2.52. The number of amides is 1. The molecular formula is C23H25NO6. The van der Waals surface area contributed by atoms with Gasteiger partial charge in [-0.05, 0) is 61.9 Å². The van der Waals surface area contributed by atoms with Crippen LogP contribution in [0, 0.1) is 0 Å². The van der Waals surface area contributed by atoms with E-state index in [-0.39, 0.29) is 5.78 Å². The molecule has 0 aliphatic carbocycles. The van der Waals surface area contributed by atoms with Crippen molar-refractivity contribution in [1.82, 2.24) is 5.32 Å². The molecule has 1 amide bonds. The second-order valence-corrected chi connectivity index (χ2v) is 6.51. The van der Waals surface area contributed by atoms with Gasteiger partial charge in [0.25, 0.3) is 0 Å². The van der Waals surface area contributed by atoms with Crippen molar-refractivity contribution in [2.75, 3.05) is 14.2 Å². The first-order chi connectivity index (χ1) is 14.3. The van der Waals surface area contributed by atoms with E-state index in [2.05, 4.69) is 5.32 Å². The number of methoxy groups -OCH3 is 2. The maximum atomic E-state index is 12.4. The Hall–Kier alpha value is -3.61. The number of Topliss-reactive ketones (excluding diaryl/α,β-unsaturated/α-hetero) is 1. The minimum Gasteiger partial charge on any atom is -0.497 e. The molecule has 2 aromatic rings. The topological polar surface area (TPSA) is 90.9 Å². The zero-order chi connectivity index (χ0) is 22.1. The Bertz CT molecular complexity index is 902. The Morgan fingerprint density at radius 2 is 1.40 bits per heavy atom. The van der Waals surface area contributed by atoms with E-state index < -0.39 is 24.0 Å². The molecular weight excluding hydrogens is 386 g/mol. The molecule has 0 radical (unpaired) electrons. The number of hydrogen-bond donors (Lipinski definition) is 1. The van der Waals surface area contributed by atoms with Gasteiger partial charge in [-0.1, -0.05) is 12.1 Å². The van der Waals surface area contributed by atoms with E-state index in [0.29, 0.717) is 17.1 Å². The van der Waals surface area contributed by atoms with Crippen LogP contribution < -0.4 is 14.8 Å². The summed E-state index contributed by atoms with van der Waals surface area (Å²) in [4.78, 5) is 36.7. The zero-order valence-corrected chi connectivity index (χ0v) is 17.4. The van der Waals surface area contributed by atoms with Crippen molar-refractivity contribution < 1.29 is 28.6 Å². The number of esters is 1. The van der Waals surface area contributed by atoms with Gasteiger partial charge in [-0.3, -0.25) is 9.59 Å². The molecule has 2 rings (SSSR count). The average molecular weight is 411 g/mol. The summed E-state index contributed by atoms with van der Waals surface area (Å²) in [7, 11) is 3.10. The van der Waals surface area contributed by atoms with Crippen LogP contribution in [-0.4, -0.2) is 44.0 Å². The highest BCUT2D eigenvalue weighted by molar-refractivity contribution is 6.00. The first-order valence-corrected chi connectivity index (χ1v) is 9.35. The van der Waals surface area contributed by atoms with Crippen LogP contribution in [0.5, 0.6) is 11.5 Å². The predicted octanol–water partition coefficient (Wildman–Crippen LogP) is 3.04. The minimum atomic E-state index is -0.986. The highest BCUT2D eigenvalue weighted by atomic mass is 16.5. The molecule has 30 heavy (non-hydrogen) atoms. The van der Waals surface area contributed by atoms with Gasteiger partial charge in [0.2, 0.25) is 11.7 Å².